The van der Waals surface area contributed by atoms with Gasteiger partial charge in [-0.3, -0.25) is 14.5 Å². The van der Waals surface area contributed by atoms with Gasteiger partial charge >= 0.3 is 0 Å². The minimum absolute atomic E-state index is 0.0436. The highest BCUT2D eigenvalue weighted by atomic mass is 32.2. The van der Waals surface area contributed by atoms with E-state index in [1.54, 1.807) is 18.2 Å². The van der Waals surface area contributed by atoms with E-state index >= 15 is 0 Å². The summed E-state index contributed by atoms with van der Waals surface area (Å²) in [5, 5.41) is 1.78. The average Bonchev–Trinajstić information content (AvgIpc) is 3.21. The maximum Gasteiger partial charge on any atom is 0.293 e. The van der Waals surface area contributed by atoms with Crippen molar-refractivity contribution in [2.24, 2.45) is 0 Å². The van der Waals surface area contributed by atoms with Gasteiger partial charge in [-0.15, -0.1) is 11.3 Å². The van der Waals surface area contributed by atoms with Gasteiger partial charge in [0.15, 0.2) is 0 Å². The SMILES string of the molecule is O=C1SC(=Cc2sccc2-c2ccc(F)cc2)C(=O)N1C1CCCCC1. The fourth-order valence-electron chi connectivity index (χ4n) is 3.55. The molecule has 0 atom stereocenters. The predicted octanol–water partition coefficient (Wildman–Crippen LogP) is 5.92. The van der Waals surface area contributed by atoms with Crippen LogP contribution in [0.25, 0.3) is 17.2 Å². The number of thiophene rings is 1. The molecule has 0 N–H and O–H groups in total. The minimum Gasteiger partial charge on any atom is -0.268 e. The summed E-state index contributed by atoms with van der Waals surface area (Å²) in [6.45, 7) is 0. The van der Waals surface area contributed by atoms with Gasteiger partial charge in [-0.25, -0.2) is 4.39 Å². The second kappa shape index (κ2) is 7.37. The lowest BCUT2D eigenvalue weighted by molar-refractivity contribution is -0.124. The molecule has 0 spiro atoms. The summed E-state index contributed by atoms with van der Waals surface area (Å²) in [5.41, 5.74) is 1.84. The van der Waals surface area contributed by atoms with Crippen LogP contribution in [0.1, 0.15) is 37.0 Å². The van der Waals surface area contributed by atoms with Crippen LogP contribution in [0.4, 0.5) is 9.18 Å². The van der Waals surface area contributed by atoms with Crippen molar-refractivity contribution in [3.8, 4) is 11.1 Å². The molecule has 6 heteroatoms. The van der Waals surface area contributed by atoms with Crippen molar-refractivity contribution in [1.29, 1.82) is 0 Å². The Bertz CT molecular complexity index is 866. The molecule has 26 heavy (non-hydrogen) atoms. The van der Waals surface area contributed by atoms with Crippen molar-refractivity contribution in [2.45, 2.75) is 38.1 Å². The summed E-state index contributed by atoms with van der Waals surface area (Å²) in [6.07, 6.45) is 6.95. The number of rotatable bonds is 3. The van der Waals surface area contributed by atoms with Crippen LogP contribution >= 0.6 is 23.1 Å². The van der Waals surface area contributed by atoms with Gasteiger partial charge in [0.1, 0.15) is 5.82 Å². The zero-order valence-corrected chi connectivity index (χ0v) is 15.7. The van der Waals surface area contributed by atoms with Crippen molar-refractivity contribution in [3.63, 3.8) is 0 Å². The quantitative estimate of drug-likeness (QED) is 0.613. The Hall–Kier alpha value is -1.92. The zero-order chi connectivity index (χ0) is 18.1. The first-order chi connectivity index (χ1) is 12.6. The summed E-state index contributed by atoms with van der Waals surface area (Å²) in [5.74, 6) is -0.454. The lowest BCUT2D eigenvalue weighted by atomic mass is 9.94. The average molecular weight is 388 g/mol. The van der Waals surface area contributed by atoms with Gasteiger partial charge in [-0.1, -0.05) is 31.4 Å². The number of thioether (sulfide) groups is 1. The monoisotopic (exact) mass is 387 g/mol. The van der Waals surface area contributed by atoms with E-state index in [2.05, 4.69) is 0 Å². The van der Waals surface area contributed by atoms with E-state index in [4.69, 9.17) is 0 Å². The van der Waals surface area contributed by atoms with E-state index in [0.29, 0.717) is 4.91 Å². The molecule has 4 rings (SSSR count). The Morgan fingerprint density at radius 3 is 2.50 bits per heavy atom. The summed E-state index contributed by atoms with van der Waals surface area (Å²) >= 11 is 2.54. The highest BCUT2D eigenvalue weighted by Gasteiger charge is 2.40. The van der Waals surface area contributed by atoms with E-state index in [1.807, 2.05) is 11.4 Å². The first kappa shape index (κ1) is 17.5. The lowest BCUT2D eigenvalue weighted by Gasteiger charge is -2.28. The highest BCUT2D eigenvalue weighted by molar-refractivity contribution is 8.18. The van der Waals surface area contributed by atoms with Crippen molar-refractivity contribution >= 4 is 40.3 Å². The van der Waals surface area contributed by atoms with Gasteiger partial charge in [0.25, 0.3) is 11.1 Å². The Morgan fingerprint density at radius 1 is 1.04 bits per heavy atom. The Labute approximate surface area is 159 Å². The summed E-state index contributed by atoms with van der Waals surface area (Å²) in [6, 6.07) is 8.30. The van der Waals surface area contributed by atoms with Gasteiger partial charge in [0, 0.05) is 10.9 Å². The Morgan fingerprint density at radius 2 is 1.77 bits per heavy atom. The number of hydrogen-bond acceptors (Lipinski definition) is 4. The van der Waals surface area contributed by atoms with Crippen LogP contribution in [-0.2, 0) is 4.79 Å². The van der Waals surface area contributed by atoms with Crippen LogP contribution in [0, 0.1) is 5.82 Å². The number of halogens is 1. The molecule has 1 saturated heterocycles. The largest absolute Gasteiger partial charge is 0.293 e. The first-order valence-electron chi connectivity index (χ1n) is 8.74. The van der Waals surface area contributed by atoms with Crippen LogP contribution in [0.2, 0.25) is 0 Å². The van der Waals surface area contributed by atoms with Crippen molar-refractivity contribution in [2.75, 3.05) is 0 Å². The molecule has 1 aliphatic heterocycles. The third-order valence-electron chi connectivity index (χ3n) is 4.88. The number of amides is 2. The molecule has 1 saturated carbocycles. The van der Waals surface area contributed by atoms with E-state index in [-0.39, 0.29) is 23.0 Å². The highest BCUT2D eigenvalue weighted by Crippen LogP contribution is 2.39. The molecule has 1 aromatic heterocycles. The normalized spacial score (nSPS) is 20.3. The number of hydrogen-bond donors (Lipinski definition) is 0. The minimum atomic E-state index is -0.279. The van der Waals surface area contributed by atoms with Crippen LogP contribution in [0.5, 0.6) is 0 Å². The van der Waals surface area contributed by atoms with Crippen molar-refractivity contribution in [1.82, 2.24) is 4.90 Å². The van der Waals surface area contributed by atoms with Gasteiger partial charge in [0.2, 0.25) is 0 Å². The molecule has 1 aromatic carbocycles. The zero-order valence-electron chi connectivity index (χ0n) is 14.1. The van der Waals surface area contributed by atoms with Gasteiger partial charge < -0.3 is 0 Å². The molecular formula is C20H18FNO2S2. The predicted molar refractivity (Wildman–Crippen MR) is 104 cm³/mol. The maximum atomic E-state index is 13.2. The maximum absolute atomic E-state index is 13.2. The topological polar surface area (TPSA) is 37.4 Å². The van der Waals surface area contributed by atoms with Crippen LogP contribution in [0.3, 0.4) is 0 Å². The van der Waals surface area contributed by atoms with E-state index in [1.165, 1.54) is 34.8 Å². The Kier molecular flexibility index (Phi) is 4.96. The molecular weight excluding hydrogens is 369 g/mol. The standard InChI is InChI=1S/C20H18FNO2S2/c21-14-8-6-13(7-9-14)16-10-11-25-17(16)12-18-19(23)22(20(24)26-18)15-4-2-1-3-5-15/h6-12,15H,1-5H2. The molecule has 2 aliphatic rings. The number of benzene rings is 1. The third kappa shape index (κ3) is 3.35. The molecule has 2 fully saturated rings. The molecule has 134 valence electrons. The van der Waals surface area contributed by atoms with Crippen molar-refractivity contribution in [3.05, 3.63) is 51.3 Å². The number of carbonyl (C=O) groups excluding carboxylic acids is 2. The van der Waals surface area contributed by atoms with Crippen molar-refractivity contribution < 1.29 is 14.0 Å². The van der Waals surface area contributed by atoms with Crippen LogP contribution < -0.4 is 0 Å². The molecule has 0 bridgehead atoms. The number of carbonyl (C=O) groups is 2. The smallest absolute Gasteiger partial charge is 0.268 e. The molecule has 2 heterocycles. The van der Waals surface area contributed by atoms with E-state index < -0.39 is 0 Å². The summed E-state index contributed by atoms with van der Waals surface area (Å²) < 4.78 is 13.2. The molecule has 2 amide bonds. The van der Waals surface area contributed by atoms with Crippen LogP contribution in [0.15, 0.2) is 40.6 Å². The Balaban J connectivity index is 1.61. The summed E-state index contributed by atoms with van der Waals surface area (Å²) in [7, 11) is 0. The van der Waals surface area contributed by atoms with Crippen LogP contribution in [-0.4, -0.2) is 22.1 Å². The third-order valence-corrected chi connectivity index (χ3v) is 6.62. The molecule has 2 aromatic rings. The second-order valence-electron chi connectivity index (χ2n) is 6.55. The number of nitrogens with zero attached hydrogens (tertiary/aromatic N) is 1. The molecule has 1 aliphatic carbocycles. The molecule has 0 radical (unpaired) electrons. The fraction of sp³-hybridized carbons (Fsp3) is 0.300. The van der Waals surface area contributed by atoms with Gasteiger partial charge in [0.05, 0.1) is 4.91 Å². The van der Waals surface area contributed by atoms with E-state index in [9.17, 15) is 14.0 Å². The molecule has 3 nitrogen and oxygen atoms in total. The molecule has 0 unspecified atom stereocenters. The number of imide groups is 1. The lowest BCUT2D eigenvalue weighted by Crippen LogP contribution is -2.39. The summed E-state index contributed by atoms with van der Waals surface area (Å²) in [4.78, 5) is 28.1. The fourth-order valence-corrected chi connectivity index (χ4v) is 5.36. The van der Waals surface area contributed by atoms with Gasteiger partial charge in [-0.05, 0) is 65.4 Å². The second-order valence-corrected chi connectivity index (χ2v) is 8.49. The van der Waals surface area contributed by atoms with E-state index in [0.717, 1.165) is 53.4 Å². The van der Waals surface area contributed by atoms with Gasteiger partial charge in [-0.2, -0.15) is 0 Å². The first-order valence-corrected chi connectivity index (χ1v) is 10.4.